The van der Waals surface area contributed by atoms with Gasteiger partial charge in [0, 0.05) is 6.42 Å². The molecule has 0 amide bonds. The SMILES string of the molecule is Oc1ccc2ccccc2c1C[NH+]1CC=C(c2ccc(F)cc2)CC1. The number of nitrogens with one attached hydrogen (secondary N) is 1. The lowest BCUT2D eigenvalue weighted by molar-refractivity contribution is -0.908. The number of benzene rings is 3. The minimum atomic E-state index is -0.196. The van der Waals surface area contributed by atoms with Crippen LogP contribution in [0.1, 0.15) is 17.5 Å². The Morgan fingerprint density at radius 1 is 0.960 bits per heavy atom. The van der Waals surface area contributed by atoms with E-state index in [1.165, 1.54) is 22.6 Å². The summed E-state index contributed by atoms with van der Waals surface area (Å²) in [6.45, 7) is 2.72. The highest BCUT2D eigenvalue weighted by atomic mass is 19.1. The second-order valence-corrected chi connectivity index (χ2v) is 6.65. The molecule has 0 bridgehead atoms. The predicted molar refractivity (Wildman–Crippen MR) is 99.0 cm³/mol. The van der Waals surface area contributed by atoms with E-state index in [1.54, 1.807) is 6.07 Å². The summed E-state index contributed by atoms with van der Waals surface area (Å²) in [5.74, 6) is 0.179. The molecule has 0 saturated heterocycles. The third-order valence-corrected chi connectivity index (χ3v) is 5.04. The fourth-order valence-electron chi connectivity index (χ4n) is 3.63. The third kappa shape index (κ3) is 3.28. The molecule has 0 spiro atoms. The molecular formula is C22H21FNO+. The number of rotatable bonds is 3. The van der Waals surface area contributed by atoms with Crippen LogP contribution in [-0.4, -0.2) is 18.2 Å². The van der Waals surface area contributed by atoms with Crippen LogP contribution in [0.4, 0.5) is 4.39 Å². The van der Waals surface area contributed by atoms with Gasteiger partial charge in [0.2, 0.25) is 0 Å². The maximum absolute atomic E-state index is 13.1. The highest BCUT2D eigenvalue weighted by Crippen LogP contribution is 2.26. The lowest BCUT2D eigenvalue weighted by atomic mass is 9.98. The Kier molecular flexibility index (Phi) is 4.24. The van der Waals surface area contributed by atoms with Gasteiger partial charge in [0.05, 0.1) is 18.7 Å². The Bertz CT molecular complexity index is 930. The number of phenolic OH excluding ortho intramolecular Hbond substituents is 1. The molecule has 3 aromatic carbocycles. The lowest BCUT2D eigenvalue weighted by Gasteiger charge is -2.24. The molecule has 1 atom stereocenters. The van der Waals surface area contributed by atoms with Crippen LogP contribution in [0.15, 0.2) is 66.7 Å². The van der Waals surface area contributed by atoms with E-state index in [0.29, 0.717) is 5.75 Å². The summed E-state index contributed by atoms with van der Waals surface area (Å²) in [5, 5.41) is 12.6. The molecule has 3 aromatic rings. The molecule has 4 rings (SSSR count). The summed E-state index contributed by atoms with van der Waals surface area (Å²) in [4.78, 5) is 1.43. The zero-order valence-electron chi connectivity index (χ0n) is 14.0. The summed E-state index contributed by atoms with van der Waals surface area (Å²) in [5.41, 5.74) is 3.41. The Labute approximate surface area is 146 Å². The Morgan fingerprint density at radius 3 is 2.52 bits per heavy atom. The average Bonchev–Trinajstić information content (AvgIpc) is 2.65. The predicted octanol–water partition coefficient (Wildman–Crippen LogP) is 3.56. The summed E-state index contributed by atoms with van der Waals surface area (Å²) < 4.78 is 13.1. The van der Waals surface area contributed by atoms with Crippen molar-refractivity contribution < 1.29 is 14.4 Å². The Balaban J connectivity index is 1.54. The maximum Gasteiger partial charge on any atom is 0.125 e. The number of fused-ring (bicyclic) bond motifs is 1. The molecular weight excluding hydrogens is 313 g/mol. The van der Waals surface area contributed by atoms with Crippen LogP contribution in [0.5, 0.6) is 5.75 Å². The van der Waals surface area contributed by atoms with Crippen molar-refractivity contribution in [1.29, 1.82) is 0 Å². The van der Waals surface area contributed by atoms with Gasteiger partial charge in [0.15, 0.2) is 0 Å². The zero-order valence-corrected chi connectivity index (χ0v) is 14.0. The number of hydrogen-bond acceptors (Lipinski definition) is 1. The minimum Gasteiger partial charge on any atom is -0.507 e. The van der Waals surface area contributed by atoms with E-state index in [4.69, 9.17) is 0 Å². The van der Waals surface area contributed by atoms with Gasteiger partial charge in [0.25, 0.3) is 0 Å². The zero-order chi connectivity index (χ0) is 17.2. The molecule has 0 saturated carbocycles. The Morgan fingerprint density at radius 2 is 1.76 bits per heavy atom. The highest BCUT2D eigenvalue weighted by Gasteiger charge is 2.19. The van der Waals surface area contributed by atoms with E-state index < -0.39 is 0 Å². The van der Waals surface area contributed by atoms with E-state index in [-0.39, 0.29) is 5.82 Å². The first kappa shape index (κ1) is 15.9. The number of aromatic hydroxyl groups is 1. The smallest absolute Gasteiger partial charge is 0.125 e. The van der Waals surface area contributed by atoms with Gasteiger partial charge in [0.1, 0.15) is 18.1 Å². The third-order valence-electron chi connectivity index (χ3n) is 5.04. The van der Waals surface area contributed by atoms with Crippen molar-refractivity contribution in [3.63, 3.8) is 0 Å². The first-order valence-electron chi connectivity index (χ1n) is 8.69. The van der Waals surface area contributed by atoms with Crippen LogP contribution < -0.4 is 4.90 Å². The van der Waals surface area contributed by atoms with Gasteiger partial charge in [-0.25, -0.2) is 4.39 Å². The van der Waals surface area contributed by atoms with Gasteiger partial charge in [-0.1, -0.05) is 42.5 Å². The monoisotopic (exact) mass is 334 g/mol. The topological polar surface area (TPSA) is 24.7 Å². The van der Waals surface area contributed by atoms with Crippen molar-refractivity contribution in [1.82, 2.24) is 0 Å². The van der Waals surface area contributed by atoms with Crippen LogP contribution in [0.3, 0.4) is 0 Å². The van der Waals surface area contributed by atoms with E-state index in [2.05, 4.69) is 18.2 Å². The molecule has 1 unspecified atom stereocenters. The maximum atomic E-state index is 13.1. The molecule has 1 aliphatic rings. The quantitative estimate of drug-likeness (QED) is 0.752. The molecule has 0 aliphatic carbocycles. The van der Waals surface area contributed by atoms with Crippen molar-refractivity contribution in [2.75, 3.05) is 13.1 Å². The van der Waals surface area contributed by atoms with Crippen LogP contribution in [0.25, 0.3) is 16.3 Å². The first-order chi connectivity index (χ1) is 12.2. The molecule has 2 nitrogen and oxygen atoms in total. The summed E-state index contributed by atoms with van der Waals surface area (Å²) in [7, 11) is 0. The van der Waals surface area contributed by atoms with Crippen molar-refractivity contribution in [2.45, 2.75) is 13.0 Å². The fourth-order valence-corrected chi connectivity index (χ4v) is 3.63. The second-order valence-electron chi connectivity index (χ2n) is 6.65. The number of hydrogen-bond donors (Lipinski definition) is 2. The van der Waals surface area contributed by atoms with E-state index in [1.807, 2.05) is 30.3 Å². The summed E-state index contributed by atoms with van der Waals surface area (Å²) in [6.07, 6.45) is 3.21. The minimum absolute atomic E-state index is 0.196. The van der Waals surface area contributed by atoms with E-state index in [0.717, 1.165) is 48.0 Å². The summed E-state index contributed by atoms with van der Waals surface area (Å²) in [6, 6.07) is 18.7. The average molecular weight is 334 g/mol. The van der Waals surface area contributed by atoms with Crippen LogP contribution in [-0.2, 0) is 6.54 Å². The number of phenols is 1. The van der Waals surface area contributed by atoms with Gasteiger partial charge in [-0.05, 0) is 46.2 Å². The molecule has 126 valence electrons. The molecule has 1 aliphatic heterocycles. The van der Waals surface area contributed by atoms with Gasteiger partial charge in [-0.3, -0.25) is 0 Å². The fraction of sp³-hybridized carbons (Fsp3) is 0.182. The van der Waals surface area contributed by atoms with Gasteiger partial charge in [-0.2, -0.15) is 0 Å². The van der Waals surface area contributed by atoms with Gasteiger partial charge in [-0.15, -0.1) is 0 Å². The molecule has 3 heteroatoms. The molecule has 25 heavy (non-hydrogen) atoms. The van der Waals surface area contributed by atoms with Crippen LogP contribution >= 0.6 is 0 Å². The summed E-state index contributed by atoms with van der Waals surface area (Å²) >= 11 is 0. The number of halogens is 1. The van der Waals surface area contributed by atoms with E-state index >= 15 is 0 Å². The highest BCUT2D eigenvalue weighted by molar-refractivity contribution is 5.87. The van der Waals surface area contributed by atoms with Crippen LogP contribution in [0.2, 0.25) is 0 Å². The number of quaternary nitrogens is 1. The molecule has 0 fully saturated rings. The Hall–Kier alpha value is -2.65. The van der Waals surface area contributed by atoms with Crippen molar-refractivity contribution in [2.24, 2.45) is 0 Å². The van der Waals surface area contributed by atoms with E-state index in [9.17, 15) is 9.50 Å². The first-order valence-corrected chi connectivity index (χ1v) is 8.69. The van der Waals surface area contributed by atoms with Crippen molar-refractivity contribution in [3.05, 3.63) is 83.7 Å². The van der Waals surface area contributed by atoms with Crippen molar-refractivity contribution in [3.8, 4) is 5.75 Å². The van der Waals surface area contributed by atoms with Gasteiger partial charge >= 0.3 is 0 Å². The molecule has 0 radical (unpaired) electrons. The largest absolute Gasteiger partial charge is 0.507 e. The second kappa shape index (κ2) is 6.69. The molecule has 1 heterocycles. The van der Waals surface area contributed by atoms with Gasteiger partial charge < -0.3 is 10.0 Å². The molecule has 2 N–H and O–H groups in total. The van der Waals surface area contributed by atoms with Crippen LogP contribution in [0, 0.1) is 5.82 Å². The molecule has 0 aromatic heterocycles. The standard InChI is InChI=1S/C22H20FNO/c23-19-8-5-16(6-9-19)17-11-13-24(14-12-17)15-21-20-4-2-1-3-18(20)7-10-22(21)25/h1-11,25H,12-15H2/p+1. The normalized spacial score (nSPS) is 17.5. The lowest BCUT2D eigenvalue weighted by Crippen LogP contribution is -3.11. The van der Waals surface area contributed by atoms with Crippen molar-refractivity contribution >= 4 is 16.3 Å².